The second-order valence-electron chi connectivity index (χ2n) is 3.05. The Kier molecular flexibility index (Phi) is 3.66. The van der Waals surface area contributed by atoms with Gasteiger partial charge in [-0.05, 0) is 20.8 Å². The van der Waals surface area contributed by atoms with Crippen molar-refractivity contribution in [2.45, 2.75) is 33.2 Å². The molecule has 0 saturated carbocycles. The van der Waals surface area contributed by atoms with Gasteiger partial charge in [-0.2, -0.15) is 0 Å². The summed E-state index contributed by atoms with van der Waals surface area (Å²) < 4.78 is 16.1. The molecule has 0 aliphatic carbocycles. The Labute approximate surface area is 83.8 Å². The van der Waals surface area contributed by atoms with E-state index in [1.807, 2.05) is 13.8 Å². The first-order valence-electron chi connectivity index (χ1n) is 4.80. The third kappa shape index (κ3) is 2.56. The van der Waals surface area contributed by atoms with Crippen LogP contribution in [0.1, 0.15) is 27.2 Å². The molecular weight excluding hydrogens is 184 g/mol. The lowest BCUT2D eigenvalue weighted by molar-refractivity contribution is -0.363. The highest BCUT2D eigenvalue weighted by Crippen LogP contribution is 2.28. The van der Waals surface area contributed by atoms with Crippen LogP contribution in [-0.2, 0) is 19.0 Å². The summed E-state index contributed by atoms with van der Waals surface area (Å²) in [6.07, 6.45) is 1.57. The maximum atomic E-state index is 11.3. The van der Waals surface area contributed by atoms with E-state index in [0.717, 1.165) is 0 Å². The standard InChI is InChI=1S/C10H16O4/c1-4-12-10(13-5-2)7-9(11)6-8(3)14-10/h6H,4-5,7H2,1-3H3. The highest BCUT2D eigenvalue weighted by Gasteiger charge is 2.39. The maximum absolute atomic E-state index is 11.3. The molecule has 14 heavy (non-hydrogen) atoms. The van der Waals surface area contributed by atoms with Gasteiger partial charge in [0.05, 0.1) is 13.2 Å². The van der Waals surface area contributed by atoms with Crippen LogP contribution in [0, 0.1) is 0 Å². The van der Waals surface area contributed by atoms with Crippen molar-refractivity contribution < 1.29 is 19.0 Å². The zero-order chi connectivity index (χ0) is 10.6. The van der Waals surface area contributed by atoms with Crippen LogP contribution < -0.4 is 0 Å². The van der Waals surface area contributed by atoms with Crippen LogP contribution in [0.2, 0.25) is 0 Å². The lowest BCUT2D eigenvalue weighted by Crippen LogP contribution is -2.43. The van der Waals surface area contributed by atoms with Gasteiger partial charge in [0.1, 0.15) is 12.2 Å². The minimum Gasteiger partial charge on any atom is -0.443 e. The third-order valence-electron chi connectivity index (χ3n) is 1.80. The molecule has 0 saturated heterocycles. The molecule has 0 aromatic carbocycles. The van der Waals surface area contributed by atoms with E-state index in [9.17, 15) is 4.79 Å². The second kappa shape index (κ2) is 4.57. The monoisotopic (exact) mass is 200 g/mol. The number of carbonyl (C=O) groups is 1. The first kappa shape index (κ1) is 11.2. The molecule has 0 radical (unpaired) electrons. The van der Waals surface area contributed by atoms with Gasteiger partial charge < -0.3 is 14.2 Å². The average molecular weight is 200 g/mol. The molecule has 4 nitrogen and oxygen atoms in total. The van der Waals surface area contributed by atoms with Crippen molar-refractivity contribution in [1.29, 1.82) is 0 Å². The maximum Gasteiger partial charge on any atom is 0.334 e. The number of rotatable bonds is 4. The molecule has 0 spiro atoms. The van der Waals surface area contributed by atoms with Crippen molar-refractivity contribution in [1.82, 2.24) is 0 Å². The molecule has 0 atom stereocenters. The Morgan fingerprint density at radius 1 is 1.43 bits per heavy atom. The zero-order valence-electron chi connectivity index (χ0n) is 8.83. The topological polar surface area (TPSA) is 44.8 Å². The molecule has 1 rings (SSSR count). The minimum atomic E-state index is -1.20. The molecule has 0 N–H and O–H groups in total. The smallest absolute Gasteiger partial charge is 0.334 e. The molecule has 0 amide bonds. The normalized spacial score (nSPS) is 20.2. The predicted molar refractivity (Wildman–Crippen MR) is 50.4 cm³/mol. The third-order valence-corrected chi connectivity index (χ3v) is 1.80. The van der Waals surface area contributed by atoms with Crippen LogP contribution in [0.4, 0.5) is 0 Å². The second-order valence-corrected chi connectivity index (χ2v) is 3.05. The van der Waals surface area contributed by atoms with Crippen molar-refractivity contribution in [2.75, 3.05) is 13.2 Å². The van der Waals surface area contributed by atoms with Gasteiger partial charge in [-0.25, -0.2) is 0 Å². The van der Waals surface area contributed by atoms with E-state index in [0.29, 0.717) is 19.0 Å². The molecular formula is C10H16O4. The molecule has 80 valence electrons. The summed E-state index contributed by atoms with van der Waals surface area (Å²) >= 11 is 0. The SMILES string of the molecule is CCOC1(OCC)CC(=O)C=C(C)O1. The summed E-state index contributed by atoms with van der Waals surface area (Å²) in [7, 11) is 0. The van der Waals surface area contributed by atoms with Gasteiger partial charge in [-0.1, -0.05) is 0 Å². The summed E-state index contributed by atoms with van der Waals surface area (Å²) in [4.78, 5) is 11.3. The number of hydrogen-bond donors (Lipinski definition) is 0. The van der Waals surface area contributed by atoms with E-state index in [-0.39, 0.29) is 12.2 Å². The molecule has 0 aromatic heterocycles. The largest absolute Gasteiger partial charge is 0.443 e. The molecule has 0 bridgehead atoms. The number of carbonyl (C=O) groups excluding carboxylic acids is 1. The Morgan fingerprint density at radius 2 is 2.00 bits per heavy atom. The van der Waals surface area contributed by atoms with Gasteiger partial charge in [-0.3, -0.25) is 4.79 Å². The molecule has 4 heteroatoms. The van der Waals surface area contributed by atoms with E-state index in [2.05, 4.69) is 0 Å². The van der Waals surface area contributed by atoms with Crippen molar-refractivity contribution in [3.8, 4) is 0 Å². The van der Waals surface area contributed by atoms with Crippen LogP contribution in [0.3, 0.4) is 0 Å². The average Bonchev–Trinajstić information content (AvgIpc) is 2.02. The van der Waals surface area contributed by atoms with Gasteiger partial charge in [0.2, 0.25) is 0 Å². The first-order chi connectivity index (χ1) is 6.62. The summed E-state index contributed by atoms with van der Waals surface area (Å²) in [5.74, 6) is -0.696. The molecule has 1 aliphatic rings. The number of ether oxygens (including phenoxy) is 3. The molecule has 0 unspecified atom stereocenters. The van der Waals surface area contributed by atoms with Gasteiger partial charge >= 0.3 is 5.97 Å². The molecule has 0 aromatic rings. The van der Waals surface area contributed by atoms with Crippen molar-refractivity contribution in [3.05, 3.63) is 11.8 Å². The van der Waals surface area contributed by atoms with Crippen LogP contribution >= 0.6 is 0 Å². The van der Waals surface area contributed by atoms with Crippen molar-refractivity contribution in [3.63, 3.8) is 0 Å². The molecule has 0 fully saturated rings. The Bertz CT molecular complexity index is 239. The lowest BCUT2D eigenvalue weighted by atomic mass is 10.2. The zero-order valence-corrected chi connectivity index (χ0v) is 8.83. The van der Waals surface area contributed by atoms with E-state index in [4.69, 9.17) is 14.2 Å². The number of hydrogen-bond acceptors (Lipinski definition) is 4. The quantitative estimate of drug-likeness (QED) is 0.647. The number of allylic oxidation sites excluding steroid dienone is 2. The van der Waals surface area contributed by atoms with Crippen LogP contribution in [-0.4, -0.2) is 25.0 Å². The summed E-state index contributed by atoms with van der Waals surface area (Å²) in [5.41, 5.74) is 0. The lowest BCUT2D eigenvalue weighted by Gasteiger charge is -2.34. The fourth-order valence-electron chi connectivity index (χ4n) is 1.44. The summed E-state index contributed by atoms with van der Waals surface area (Å²) in [6.45, 7) is 6.27. The fourth-order valence-corrected chi connectivity index (χ4v) is 1.44. The molecule has 1 heterocycles. The highest BCUT2D eigenvalue weighted by molar-refractivity contribution is 5.91. The van der Waals surface area contributed by atoms with Crippen LogP contribution in [0.5, 0.6) is 0 Å². The summed E-state index contributed by atoms with van der Waals surface area (Å²) in [6, 6.07) is 0. The molecule has 1 aliphatic heterocycles. The predicted octanol–water partition coefficient (Wildman–Crippen LogP) is 1.61. The van der Waals surface area contributed by atoms with Gasteiger partial charge in [-0.15, -0.1) is 0 Å². The van der Waals surface area contributed by atoms with E-state index in [1.54, 1.807) is 6.92 Å². The van der Waals surface area contributed by atoms with Crippen molar-refractivity contribution in [2.24, 2.45) is 0 Å². The van der Waals surface area contributed by atoms with E-state index in [1.165, 1.54) is 6.08 Å². The van der Waals surface area contributed by atoms with E-state index >= 15 is 0 Å². The summed E-state index contributed by atoms with van der Waals surface area (Å²) in [5, 5.41) is 0. The number of ketones is 1. The Morgan fingerprint density at radius 3 is 2.43 bits per heavy atom. The highest BCUT2D eigenvalue weighted by atomic mass is 16.9. The van der Waals surface area contributed by atoms with Crippen LogP contribution in [0.25, 0.3) is 0 Å². The van der Waals surface area contributed by atoms with Gasteiger partial charge in [0.15, 0.2) is 5.78 Å². The van der Waals surface area contributed by atoms with Crippen LogP contribution in [0.15, 0.2) is 11.8 Å². The van der Waals surface area contributed by atoms with Gasteiger partial charge in [0.25, 0.3) is 0 Å². The van der Waals surface area contributed by atoms with Gasteiger partial charge in [0, 0.05) is 6.08 Å². The van der Waals surface area contributed by atoms with Crippen molar-refractivity contribution >= 4 is 5.78 Å². The van der Waals surface area contributed by atoms with E-state index < -0.39 is 5.97 Å². The fraction of sp³-hybridized carbons (Fsp3) is 0.700. The Balaban J connectivity index is 2.78. The minimum absolute atomic E-state index is 0.0318. The first-order valence-corrected chi connectivity index (χ1v) is 4.80. The Hall–Kier alpha value is -0.870.